The Kier molecular flexibility index (Phi) is 4.59. The number of hydrogen-bond acceptors (Lipinski definition) is 4. The lowest BCUT2D eigenvalue weighted by Gasteiger charge is -2.35. The summed E-state index contributed by atoms with van der Waals surface area (Å²) < 4.78 is 30.7. The highest BCUT2D eigenvalue weighted by Gasteiger charge is 2.36. The van der Waals surface area contributed by atoms with Crippen molar-refractivity contribution in [3.8, 4) is 0 Å². The van der Waals surface area contributed by atoms with Crippen molar-refractivity contribution in [1.82, 2.24) is 19.2 Å². The second kappa shape index (κ2) is 6.35. The SMILES string of the molecule is Cc1cc(Br)ccc1S(=O)(=O)N1CCNCC1c1nccn1C. The van der Waals surface area contributed by atoms with Crippen molar-refractivity contribution in [2.24, 2.45) is 7.05 Å². The molecular formula is C15H19BrN4O2S. The first-order chi connectivity index (χ1) is 10.9. The summed E-state index contributed by atoms with van der Waals surface area (Å²) in [7, 11) is -1.70. The van der Waals surface area contributed by atoms with Gasteiger partial charge in [0.2, 0.25) is 10.0 Å². The maximum atomic E-state index is 13.2. The fraction of sp³-hybridized carbons (Fsp3) is 0.400. The van der Waals surface area contributed by atoms with E-state index in [4.69, 9.17) is 0 Å². The quantitative estimate of drug-likeness (QED) is 0.855. The number of aryl methyl sites for hydroxylation is 2. The number of benzene rings is 1. The van der Waals surface area contributed by atoms with Crippen molar-refractivity contribution < 1.29 is 8.42 Å². The topological polar surface area (TPSA) is 67.2 Å². The smallest absolute Gasteiger partial charge is 0.244 e. The molecule has 1 aliphatic heterocycles. The molecule has 1 N–H and O–H groups in total. The Labute approximate surface area is 144 Å². The number of sulfonamides is 1. The number of nitrogens with one attached hydrogen (secondary N) is 1. The summed E-state index contributed by atoms with van der Waals surface area (Å²) in [6.07, 6.45) is 3.53. The van der Waals surface area contributed by atoms with Gasteiger partial charge in [-0.1, -0.05) is 15.9 Å². The highest BCUT2D eigenvalue weighted by molar-refractivity contribution is 9.10. The van der Waals surface area contributed by atoms with Crippen LogP contribution in [0.3, 0.4) is 0 Å². The van der Waals surface area contributed by atoms with E-state index in [9.17, 15) is 8.42 Å². The Morgan fingerprint density at radius 2 is 2.17 bits per heavy atom. The molecule has 0 spiro atoms. The first kappa shape index (κ1) is 16.6. The first-order valence-corrected chi connectivity index (χ1v) is 9.60. The molecule has 8 heteroatoms. The van der Waals surface area contributed by atoms with Crippen molar-refractivity contribution in [1.29, 1.82) is 0 Å². The van der Waals surface area contributed by atoms with Gasteiger partial charge in [-0.05, 0) is 30.7 Å². The van der Waals surface area contributed by atoms with E-state index in [-0.39, 0.29) is 6.04 Å². The predicted molar refractivity (Wildman–Crippen MR) is 91.6 cm³/mol. The lowest BCUT2D eigenvalue weighted by molar-refractivity contribution is 0.258. The molecule has 6 nitrogen and oxygen atoms in total. The molecule has 1 aromatic carbocycles. The highest BCUT2D eigenvalue weighted by atomic mass is 79.9. The molecule has 124 valence electrons. The average molecular weight is 399 g/mol. The fourth-order valence-corrected chi connectivity index (χ4v) is 5.19. The molecule has 0 bridgehead atoms. The monoisotopic (exact) mass is 398 g/mol. The summed E-state index contributed by atoms with van der Waals surface area (Å²) in [4.78, 5) is 4.69. The van der Waals surface area contributed by atoms with Crippen LogP contribution < -0.4 is 5.32 Å². The van der Waals surface area contributed by atoms with Crippen LogP contribution in [0.5, 0.6) is 0 Å². The summed E-state index contributed by atoms with van der Waals surface area (Å²) in [5.74, 6) is 0.746. The summed E-state index contributed by atoms with van der Waals surface area (Å²) in [5.41, 5.74) is 0.733. The number of imidazole rings is 1. The van der Waals surface area contributed by atoms with Crippen LogP contribution in [-0.2, 0) is 17.1 Å². The summed E-state index contributed by atoms with van der Waals surface area (Å²) in [6, 6.07) is 4.94. The highest BCUT2D eigenvalue weighted by Crippen LogP contribution is 2.30. The number of aromatic nitrogens is 2. The predicted octanol–water partition coefficient (Wildman–Crippen LogP) is 1.83. The average Bonchev–Trinajstić information content (AvgIpc) is 2.93. The van der Waals surface area contributed by atoms with Gasteiger partial charge in [-0.2, -0.15) is 4.31 Å². The Morgan fingerprint density at radius 3 is 2.83 bits per heavy atom. The Bertz CT molecular complexity index is 819. The van der Waals surface area contributed by atoms with Crippen LogP contribution in [0, 0.1) is 6.92 Å². The molecular weight excluding hydrogens is 380 g/mol. The molecule has 0 radical (unpaired) electrons. The van der Waals surface area contributed by atoms with E-state index >= 15 is 0 Å². The molecule has 0 saturated carbocycles. The van der Waals surface area contributed by atoms with Crippen LogP contribution in [-0.4, -0.2) is 41.9 Å². The lowest BCUT2D eigenvalue weighted by Crippen LogP contribution is -2.49. The molecule has 1 aliphatic rings. The van der Waals surface area contributed by atoms with Gasteiger partial charge < -0.3 is 9.88 Å². The third-order valence-electron chi connectivity index (χ3n) is 4.07. The summed E-state index contributed by atoms with van der Waals surface area (Å²) in [6.45, 7) is 3.43. The van der Waals surface area contributed by atoms with Crippen LogP contribution in [0.15, 0.2) is 40.0 Å². The Hall–Kier alpha value is -1.22. The Balaban J connectivity index is 2.04. The minimum Gasteiger partial charge on any atom is -0.337 e. The van der Waals surface area contributed by atoms with Gasteiger partial charge >= 0.3 is 0 Å². The van der Waals surface area contributed by atoms with E-state index < -0.39 is 10.0 Å². The van der Waals surface area contributed by atoms with Gasteiger partial charge in [0.15, 0.2) is 0 Å². The standard InChI is InChI=1S/C15H19BrN4O2S/c1-11-9-12(16)3-4-14(11)23(21,22)20-8-5-17-10-13(20)15-18-6-7-19(15)2/h3-4,6-7,9,13,17H,5,8,10H2,1-2H3. The summed E-state index contributed by atoms with van der Waals surface area (Å²) in [5, 5.41) is 3.26. The summed E-state index contributed by atoms with van der Waals surface area (Å²) >= 11 is 3.38. The van der Waals surface area contributed by atoms with Crippen molar-refractivity contribution in [2.45, 2.75) is 17.9 Å². The molecule has 1 atom stereocenters. The van der Waals surface area contributed by atoms with E-state index in [1.807, 2.05) is 30.8 Å². The van der Waals surface area contributed by atoms with Crippen LogP contribution in [0.4, 0.5) is 0 Å². The maximum Gasteiger partial charge on any atom is 0.244 e. The number of hydrogen-bond donors (Lipinski definition) is 1. The molecule has 2 heterocycles. The van der Waals surface area contributed by atoms with Gasteiger partial charge in [0.1, 0.15) is 5.82 Å². The third-order valence-corrected chi connectivity index (χ3v) is 6.64. The molecule has 1 saturated heterocycles. The zero-order valence-corrected chi connectivity index (χ0v) is 15.4. The van der Waals surface area contributed by atoms with Gasteiger partial charge in [-0.25, -0.2) is 13.4 Å². The number of piperazine rings is 1. The molecule has 0 aliphatic carbocycles. The lowest BCUT2D eigenvalue weighted by atomic mass is 10.2. The van der Waals surface area contributed by atoms with Gasteiger partial charge in [0, 0.05) is 43.5 Å². The fourth-order valence-electron chi connectivity index (χ4n) is 2.92. The normalized spacial score (nSPS) is 19.9. The van der Waals surface area contributed by atoms with Crippen LogP contribution in [0.25, 0.3) is 0 Å². The number of rotatable bonds is 3. The minimum absolute atomic E-state index is 0.309. The molecule has 1 fully saturated rings. The molecule has 2 aromatic rings. The molecule has 1 unspecified atom stereocenters. The maximum absolute atomic E-state index is 13.2. The Morgan fingerprint density at radius 1 is 1.39 bits per heavy atom. The van der Waals surface area contributed by atoms with E-state index in [1.54, 1.807) is 22.6 Å². The van der Waals surface area contributed by atoms with E-state index in [2.05, 4.69) is 26.2 Å². The largest absolute Gasteiger partial charge is 0.337 e. The zero-order chi connectivity index (χ0) is 16.6. The molecule has 1 aromatic heterocycles. The third kappa shape index (κ3) is 3.08. The number of nitrogens with zero attached hydrogens (tertiary/aromatic N) is 3. The van der Waals surface area contributed by atoms with Gasteiger partial charge in [-0.15, -0.1) is 0 Å². The van der Waals surface area contributed by atoms with Gasteiger partial charge in [0.05, 0.1) is 10.9 Å². The second-order valence-electron chi connectivity index (χ2n) is 5.64. The molecule has 0 amide bonds. The van der Waals surface area contributed by atoms with Gasteiger partial charge in [-0.3, -0.25) is 0 Å². The first-order valence-electron chi connectivity index (χ1n) is 7.37. The van der Waals surface area contributed by atoms with Crippen molar-refractivity contribution in [3.05, 3.63) is 46.5 Å². The number of halogens is 1. The molecule has 3 rings (SSSR count). The van der Waals surface area contributed by atoms with E-state index in [0.29, 0.717) is 24.5 Å². The van der Waals surface area contributed by atoms with E-state index in [0.717, 1.165) is 15.9 Å². The minimum atomic E-state index is -3.58. The zero-order valence-electron chi connectivity index (χ0n) is 13.0. The van der Waals surface area contributed by atoms with Crippen LogP contribution >= 0.6 is 15.9 Å². The van der Waals surface area contributed by atoms with E-state index in [1.165, 1.54) is 0 Å². The van der Waals surface area contributed by atoms with Crippen LogP contribution in [0.2, 0.25) is 0 Å². The van der Waals surface area contributed by atoms with Crippen molar-refractivity contribution in [3.63, 3.8) is 0 Å². The van der Waals surface area contributed by atoms with Crippen molar-refractivity contribution >= 4 is 26.0 Å². The molecule has 23 heavy (non-hydrogen) atoms. The van der Waals surface area contributed by atoms with Crippen molar-refractivity contribution in [2.75, 3.05) is 19.6 Å². The van der Waals surface area contributed by atoms with Gasteiger partial charge in [0.25, 0.3) is 0 Å². The second-order valence-corrected chi connectivity index (χ2v) is 8.42. The van der Waals surface area contributed by atoms with Crippen LogP contribution in [0.1, 0.15) is 17.4 Å².